The van der Waals surface area contributed by atoms with E-state index in [-0.39, 0.29) is 23.7 Å². The second-order valence-electron chi connectivity index (χ2n) is 5.56. The van der Waals surface area contributed by atoms with E-state index in [4.69, 9.17) is 9.47 Å². The molecule has 0 aromatic heterocycles. The van der Waals surface area contributed by atoms with Crippen LogP contribution in [0.2, 0.25) is 0 Å². The van der Waals surface area contributed by atoms with Crippen molar-refractivity contribution in [2.45, 2.75) is 37.8 Å². The van der Waals surface area contributed by atoms with E-state index in [0.717, 1.165) is 39.1 Å². The molecule has 5 heteroatoms. The first-order chi connectivity index (χ1) is 8.02. The van der Waals surface area contributed by atoms with Crippen LogP contribution >= 0.6 is 0 Å². The predicted octanol–water partition coefficient (Wildman–Crippen LogP) is 0.0502. The third-order valence-electron chi connectivity index (χ3n) is 3.59. The highest BCUT2D eigenvalue weighted by Gasteiger charge is 2.34. The third-order valence-corrected chi connectivity index (χ3v) is 3.59. The lowest BCUT2D eigenvalue weighted by atomic mass is 9.92. The maximum Gasteiger partial charge on any atom is 0.246 e. The fraction of sp³-hybridized carbons (Fsp3) is 0.917. The first-order valence-corrected chi connectivity index (χ1v) is 6.25. The highest BCUT2D eigenvalue weighted by atomic mass is 16.5. The van der Waals surface area contributed by atoms with Crippen molar-refractivity contribution in [3.63, 3.8) is 0 Å². The van der Waals surface area contributed by atoms with Gasteiger partial charge < -0.3 is 20.1 Å². The summed E-state index contributed by atoms with van der Waals surface area (Å²) in [7, 11) is 0. The largest absolute Gasteiger partial charge is 0.381 e. The molecular formula is C12H22N2O3. The molecule has 2 heterocycles. The molecule has 2 N–H and O–H groups in total. The van der Waals surface area contributed by atoms with Crippen molar-refractivity contribution in [2.24, 2.45) is 0 Å². The molecule has 2 aliphatic rings. The lowest BCUT2D eigenvalue weighted by Crippen LogP contribution is -2.60. The molecular weight excluding hydrogens is 220 g/mol. The highest BCUT2D eigenvalue weighted by Crippen LogP contribution is 2.20. The molecule has 5 nitrogen and oxygen atoms in total. The number of nitrogens with one attached hydrogen (secondary N) is 2. The first-order valence-electron chi connectivity index (χ1n) is 6.25. The van der Waals surface area contributed by atoms with Crippen LogP contribution in [0.5, 0.6) is 0 Å². The molecule has 0 aromatic rings. The Bertz CT molecular complexity index is 283. The van der Waals surface area contributed by atoms with E-state index >= 15 is 0 Å². The zero-order chi connectivity index (χ0) is 12.4. The lowest BCUT2D eigenvalue weighted by Gasteiger charge is -2.39. The summed E-state index contributed by atoms with van der Waals surface area (Å²) in [5.74, 6) is -0.0254. The van der Waals surface area contributed by atoms with Crippen LogP contribution < -0.4 is 10.6 Å². The van der Waals surface area contributed by atoms with E-state index in [1.165, 1.54) is 0 Å². The molecule has 1 amide bonds. The molecule has 0 atom stereocenters. The quantitative estimate of drug-likeness (QED) is 0.731. The molecule has 0 aliphatic carbocycles. The van der Waals surface area contributed by atoms with Gasteiger partial charge in [0.05, 0.1) is 5.60 Å². The van der Waals surface area contributed by atoms with E-state index in [1.807, 2.05) is 6.92 Å². The van der Waals surface area contributed by atoms with Crippen molar-refractivity contribution < 1.29 is 14.3 Å². The lowest BCUT2D eigenvalue weighted by molar-refractivity contribution is -0.138. The molecule has 2 saturated heterocycles. The average molecular weight is 242 g/mol. The Morgan fingerprint density at radius 3 is 2.53 bits per heavy atom. The fourth-order valence-electron chi connectivity index (χ4n) is 2.14. The van der Waals surface area contributed by atoms with Crippen LogP contribution in [0.4, 0.5) is 0 Å². The normalized spacial score (nSPS) is 26.0. The van der Waals surface area contributed by atoms with E-state index in [0.29, 0.717) is 0 Å². The summed E-state index contributed by atoms with van der Waals surface area (Å²) >= 11 is 0. The highest BCUT2D eigenvalue weighted by molar-refractivity contribution is 5.78. The SMILES string of the molecule is CC1(NC(=O)COC2(C)CNC2)CCOCC1. The summed E-state index contributed by atoms with van der Waals surface area (Å²) in [5, 5.41) is 6.19. The molecule has 17 heavy (non-hydrogen) atoms. The van der Waals surface area contributed by atoms with Crippen LogP contribution in [-0.2, 0) is 14.3 Å². The third kappa shape index (κ3) is 3.40. The molecule has 0 bridgehead atoms. The van der Waals surface area contributed by atoms with Gasteiger partial charge in [0.25, 0.3) is 0 Å². The molecule has 0 unspecified atom stereocenters. The Kier molecular flexibility index (Phi) is 3.70. The molecule has 0 aromatic carbocycles. The van der Waals surface area contributed by atoms with Crippen molar-refractivity contribution in [3.8, 4) is 0 Å². The monoisotopic (exact) mass is 242 g/mol. The Morgan fingerprint density at radius 1 is 1.35 bits per heavy atom. The molecule has 2 fully saturated rings. The summed E-state index contributed by atoms with van der Waals surface area (Å²) in [4.78, 5) is 11.8. The minimum absolute atomic E-state index is 0.0254. The number of ether oxygens (including phenoxy) is 2. The topological polar surface area (TPSA) is 59.6 Å². The number of hydrogen-bond donors (Lipinski definition) is 2. The number of carbonyl (C=O) groups is 1. The second-order valence-corrected chi connectivity index (χ2v) is 5.56. The molecule has 2 aliphatic heterocycles. The Morgan fingerprint density at radius 2 is 2.00 bits per heavy atom. The summed E-state index contributed by atoms with van der Waals surface area (Å²) in [5.41, 5.74) is -0.286. The van der Waals surface area contributed by atoms with E-state index in [2.05, 4.69) is 17.6 Å². The van der Waals surface area contributed by atoms with Crippen LogP contribution in [0.1, 0.15) is 26.7 Å². The summed E-state index contributed by atoms with van der Waals surface area (Å²) in [6.45, 7) is 7.33. The standard InChI is InChI=1S/C12H22N2O3/c1-11(3-5-16-6-4-11)14-10(15)7-17-12(2)8-13-9-12/h13H,3-9H2,1-2H3,(H,14,15). The van der Waals surface area contributed by atoms with Gasteiger partial charge in [-0.1, -0.05) is 0 Å². The minimum atomic E-state index is -0.159. The number of carbonyl (C=O) groups excluding carboxylic acids is 1. The zero-order valence-electron chi connectivity index (χ0n) is 10.7. The average Bonchev–Trinajstić information content (AvgIpc) is 2.24. The van der Waals surface area contributed by atoms with Crippen LogP contribution in [0.15, 0.2) is 0 Å². The van der Waals surface area contributed by atoms with Crippen molar-refractivity contribution in [2.75, 3.05) is 32.9 Å². The van der Waals surface area contributed by atoms with Gasteiger partial charge in [-0.05, 0) is 26.7 Å². The van der Waals surface area contributed by atoms with Gasteiger partial charge >= 0.3 is 0 Å². The zero-order valence-corrected chi connectivity index (χ0v) is 10.7. The van der Waals surface area contributed by atoms with Gasteiger partial charge in [0, 0.05) is 31.8 Å². The maximum absolute atomic E-state index is 11.8. The molecule has 0 spiro atoms. The van der Waals surface area contributed by atoms with Gasteiger partial charge in [-0.2, -0.15) is 0 Å². The molecule has 0 saturated carbocycles. The summed E-state index contributed by atoms with van der Waals surface area (Å²) in [6.07, 6.45) is 1.75. The van der Waals surface area contributed by atoms with Crippen molar-refractivity contribution in [3.05, 3.63) is 0 Å². The number of rotatable bonds is 4. The van der Waals surface area contributed by atoms with Crippen LogP contribution in [0.25, 0.3) is 0 Å². The molecule has 98 valence electrons. The van der Waals surface area contributed by atoms with Crippen LogP contribution in [0, 0.1) is 0 Å². The first kappa shape index (κ1) is 12.8. The van der Waals surface area contributed by atoms with Crippen molar-refractivity contribution in [1.29, 1.82) is 0 Å². The minimum Gasteiger partial charge on any atom is -0.381 e. The molecule has 0 radical (unpaired) electrons. The fourth-order valence-corrected chi connectivity index (χ4v) is 2.14. The number of amides is 1. The Balaban J connectivity index is 1.72. The van der Waals surface area contributed by atoms with Gasteiger partial charge in [-0.25, -0.2) is 0 Å². The predicted molar refractivity (Wildman–Crippen MR) is 63.8 cm³/mol. The van der Waals surface area contributed by atoms with Crippen molar-refractivity contribution in [1.82, 2.24) is 10.6 Å². The van der Waals surface area contributed by atoms with Gasteiger partial charge in [0.15, 0.2) is 0 Å². The van der Waals surface area contributed by atoms with E-state index < -0.39 is 0 Å². The van der Waals surface area contributed by atoms with Gasteiger partial charge in [-0.3, -0.25) is 4.79 Å². The van der Waals surface area contributed by atoms with Gasteiger partial charge in [-0.15, -0.1) is 0 Å². The van der Waals surface area contributed by atoms with Gasteiger partial charge in [0.1, 0.15) is 6.61 Å². The molecule has 2 rings (SSSR count). The second kappa shape index (κ2) is 4.92. The summed E-state index contributed by atoms with van der Waals surface area (Å²) in [6, 6.07) is 0. The Labute approximate surface area is 102 Å². The van der Waals surface area contributed by atoms with Crippen LogP contribution in [-0.4, -0.2) is 50.0 Å². The maximum atomic E-state index is 11.8. The van der Waals surface area contributed by atoms with Crippen LogP contribution in [0.3, 0.4) is 0 Å². The number of hydrogen-bond acceptors (Lipinski definition) is 4. The van der Waals surface area contributed by atoms with Gasteiger partial charge in [0.2, 0.25) is 5.91 Å². The van der Waals surface area contributed by atoms with E-state index in [1.54, 1.807) is 0 Å². The van der Waals surface area contributed by atoms with E-state index in [9.17, 15) is 4.79 Å². The Hall–Kier alpha value is -0.650. The van der Waals surface area contributed by atoms with Crippen molar-refractivity contribution >= 4 is 5.91 Å². The summed E-state index contributed by atoms with van der Waals surface area (Å²) < 4.78 is 10.9. The smallest absolute Gasteiger partial charge is 0.246 e.